The molecule has 0 saturated carbocycles. The Kier molecular flexibility index (Phi) is 7.09. The summed E-state index contributed by atoms with van der Waals surface area (Å²) < 4.78 is 7.16. The second kappa shape index (κ2) is 10.2. The van der Waals surface area contributed by atoms with Gasteiger partial charge in [-0.1, -0.05) is 38.9 Å². The lowest BCUT2D eigenvalue weighted by atomic mass is 9.73. The number of carbonyl (C=O) groups excluding carboxylic acids is 1. The molecule has 0 fully saturated rings. The lowest BCUT2D eigenvalue weighted by Gasteiger charge is -2.30. The Balaban J connectivity index is 1.55. The van der Waals surface area contributed by atoms with Crippen LogP contribution < -0.4 is 11.1 Å². The van der Waals surface area contributed by atoms with Crippen LogP contribution in [0, 0.1) is 11.8 Å². The third-order valence-electron chi connectivity index (χ3n) is 6.27. The number of nitrogens with two attached hydrogens (primary N) is 1. The molecule has 1 amide bonds. The summed E-state index contributed by atoms with van der Waals surface area (Å²) in [5.41, 5.74) is 8.14. The molecule has 188 valence electrons. The molecule has 0 bridgehead atoms. The van der Waals surface area contributed by atoms with Gasteiger partial charge in [0.05, 0.1) is 22.9 Å². The second-order valence-electron chi connectivity index (χ2n) is 9.67. The Morgan fingerprint density at radius 2 is 1.83 bits per heavy atom. The summed E-state index contributed by atoms with van der Waals surface area (Å²) in [5.74, 6) is 1.53. The maximum atomic E-state index is 12.1. The first-order chi connectivity index (χ1) is 17.2. The van der Waals surface area contributed by atoms with Gasteiger partial charge in [-0.05, 0) is 30.4 Å². The Bertz CT molecular complexity index is 1310. The Hall–Kier alpha value is -4.15. The highest BCUT2D eigenvalue weighted by Gasteiger charge is 2.38. The average Bonchev–Trinajstić information content (AvgIpc) is 3.53. The number of nitrogens with zero attached hydrogens (tertiary/aromatic N) is 7. The Morgan fingerprint density at radius 3 is 2.47 bits per heavy atom. The summed E-state index contributed by atoms with van der Waals surface area (Å²) in [6.07, 6.45) is 8.45. The molecule has 36 heavy (non-hydrogen) atoms. The maximum absolute atomic E-state index is 12.1. The highest BCUT2D eigenvalue weighted by Crippen LogP contribution is 2.38. The van der Waals surface area contributed by atoms with Gasteiger partial charge in [0.15, 0.2) is 5.82 Å². The minimum atomic E-state index is -0.558. The summed E-state index contributed by atoms with van der Waals surface area (Å²) in [6, 6.07) is 3.92. The third kappa shape index (κ3) is 5.24. The first kappa shape index (κ1) is 25.0. The van der Waals surface area contributed by atoms with Gasteiger partial charge in [0, 0.05) is 36.9 Å². The van der Waals surface area contributed by atoms with E-state index in [2.05, 4.69) is 51.3 Å². The van der Waals surface area contributed by atoms with E-state index < -0.39 is 5.41 Å². The minimum absolute atomic E-state index is 0.0987. The Labute approximate surface area is 209 Å². The van der Waals surface area contributed by atoms with Crippen LogP contribution in [0.3, 0.4) is 0 Å². The molecule has 3 N–H and O–H groups in total. The Morgan fingerprint density at radius 1 is 1.08 bits per heavy atom. The smallest absolute Gasteiger partial charge is 0.261 e. The quantitative estimate of drug-likeness (QED) is 0.361. The van der Waals surface area contributed by atoms with Crippen molar-refractivity contribution >= 4 is 11.9 Å². The molecule has 0 aliphatic carbocycles. The molecular weight excluding hydrogens is 458 g/mol. The van der Waals surface area contributed by atoms with E-state index in [1.165, 1.54) is 0 Å². The predicted octanol–water partition coefficient (Wildman–Crippen LogP) is 3.10. The molecule has 4 heterocycles. The van der Waals surface area contributed by atoms with Crippen LogP contribution in [-0.2, 0) is 16.8 Å². The van der Waals surface area contributed by atoms with E-state index in [1.807, 2.05) is 32.2 Å². The zero-order chi connectivity index (χ0) is 25.9. The van der Waals surface area contributed by atoms with E-state index in [0.29, 0.717) is 29.7 Å². The number of nitrogen functional groups attached to an aromatic ring is 1. The minimum Gasteiger partial charge on any atom is -0.368 e. The van der Waals surface area contributed by atoms with Crippen LogP contribution in [-0.4, -0.2) is 47.3 Å². The van der Waals surface area contributed by atoms with E-state index in [1.54, 1.807) is 29.5 Å². The van der Waals surface area contributed by atoms with Crippen molar-refractivity contribution in [3.05, 3.63) is 54.5 Å². The van der Waals surface area contributed by atoms with Crippen molar-refractivity contribution in [3.63, 3.8) is 0 Å². The van der Waals surface area contributed by atoms with Crippen LogP contribution in [0.15, 0.2) is 47.6 Å². The molecule has 1 atom stereocenters. The van der Waals surface area contributed by atoms with Crippen LogP contribution in [0.4, 0.5) is 5.95 Å². The molecule has 0 aliphatic heterocycles. The highest BCUT2D eigenvalue weighted by molar-refractivity contribution is 5.75. The molecule has 4 aromatic heterocycles. The van der Waals surface area contributed by atoms with E-state index in [4.69, 9.17) is 15.2 Å². The van der Waals surface area contributed by atoms with Crippen LogP contribution in [0.1, 0.15) is 46.0 Å². The topological polar surface area (TPSA) is 151 Å². The molecule has 0 saturated heterocycles. The maximum Gasteiger partial charge on any atom is 0.261 e. The number of rotatable bonds is 9. The summed E-state index contributed by atoms with van der Waals surface area (Å²) in [5, 5.41) is 11.5. The van der Waals surface area contributed by atoms with E-state index in [-0.39, 0.29) is 24.3 Å². The SMILES string of the molecule is CC(C)CNC(=O)Cn1cc(-c2nc([C@@](C)(c3ccc(-c4cnc(N)nc4)nc3)C(C)C)no2)cn1. The van der Waals surface area contributed by atoms with E-state index >= 15 is 0 Å². The van der Waals surface area contributed by atoms with Gasteiger partial charge in [0.1, 0.15) is 6.54 Å². The molecule has 0 spiro atoms. The van der Waals surface area contributed by atoms with Gasteiger partial charge in [-0.25, -0.2) is 9.97 Å². The number of pyridine rings is 1. The van der Waals surface area contributed by atoms with Gasteiger partial charge >= 0.3 is 0 Å². The first-order valence-corrected chi connectivity index (χ1v) is 11.8. The zero-order valence-electron chi connectivity index (χ0n) is 21.1. The molecule has 0 unspecified atom stereocenters. The van der Waals surface area contributed by atoms with Gasteiger partial charge in [0.2, 0.25) is 11.9 Å². The summed E-state index contributed by atoms with van der Waals surface area (Å²) in [7, 11) is 0. The molecule has 0 aromatic carbocycles. The van der Waals surface area contributed by atoms with Crippen molar-refractivity contribution in [2.45, 2.75) is 46.6 Å². The lowest BCUT2D eigenvalue weighted by Crippen LogP contribution is -2.31. The van der Waals surface area contributed by atoms with Gasteiger partial charge in [-0.3, -0.25) is 14.5 Å². The number of hydrogen-bond donors (Lipinski definition) is 2. The summed E-state index contributed by atoms with van der Waals surface area (Å²) in [4.78, 5) is 29.5. The number of aromatic nitrogens is 7. The van der Waals surface area contributed by atoms with Crippen molar-refractivity contribution in [2.75, 3.05) is 12.3 Å². The van der Waals surface area contributed by atoms with Crippen molar-refractivity contribution in [1.82, 2.24) is 40.2 Å². The fourth-order valence-corrected chi connectivity index (χ4v) is 3.70. The molecule has 11 heteroatoms. The third-order valence-corrected chi connectivity index (χ3v) is 6.27. The summed E-state index contributed by atoms with van der Waals surface area (Å²) >= 11 is 0. The number of carbonyl (C=O) groups is 1. The van der Waals surface area contributed by atoms with Crippen LogP contribution in [0.25, 0.3) is 22.7 Å². The number of amides is 1. The van der Waals surface area contributed by atoms with Crippen molar-refractivity contribution < 1.29 is 9.32 Å². The normalized spacial score (nSPS) is 13.2. The largest absolute Gasteiger partial charge is 0.368 e. The molecule has 4 aromatic rings. The lowest BCUT2D eigenvalue weighted by molar-refractivity contribution is -0.122. The molecular formula is C25H31N9O2. The molecule has 4 rings (SSSR count). The molecule has 0 aliphatic rings. The monoisotopic (exact) mass is 489 g/mol. The summed E-state index contributed by atoms with van der Waals surface area (Å²) in [6.45, 7) is 11.1. The van der Waals surface area contributed by atoms with Gasteiger partial charge in [-0.2, -0.15) is 10.1 Å². The number of nitrogens with one attached hydrogen (secondary N) is 1. The van der Waals surface area contributed by atoms with Crippen LogP contribution in [0.5, 0.6) is 0 Å². The number of hydrogen-bond acceptors (Lipinski definition) is 9. The molecule has 11 nitrogen and oxygen atoms in total. The van der Waals surface area contributed by atoms with Crippen molar-refractivity contribution in [1.29, 1.82) is 0 Å². The average molecular weight is 490 g/mol. The fraction of sp³-hybridized carbons (Fsp3) is 0.400. The zero-order valence-corrected chi connectivity index (χ0v) is 21.1. The second-order valence-corrected chi connectivity index (χ2v) is 9.67. The van der Waals surface area contributed by atoms with Gasteiger partial charge in [0.25, 0.3) is 5.89 Å². The fourth-order valence-electron chi connectivity index (χ4n) is 3.70. The standard InChI is InChI=1S/C25H31N9O2/c1-15(2)8-28-21(35)14-34-13-18(11-31-34)22-32-23(33-36-22)25(5,16(3)4)19-6-7-20(27-12-19)17-9-29-24(26)30-10-17/h6-7,9-13,15-16H,8,14H2,1-5H3,(H,28,35)(H2,26,29,30)/t25-/m1/s1. The van der Waals surface area contributed by atoms with Gasteiger partial charge in [-0.15, -0.1) is 0 Å². The van der Waals surface area contributed by atoms with Crippen LogP contribution in [0.2, 0.25) is 0 Å². The van der Waals surface area contributed by atoms with Crippen LogP contribution >= 0.6 is 0 Å². The predicted molar refractivity (Wildman–Crippen MR) is 134 cm³/mol. The van der Waals surface area contributed by atoms with Gasteiger partial charge < -0.3 is 15.6 Å². The highest BCUT2D eigenvalue weighted by atomic mass is 16.5. The van der Waals surface area contributed by atoms with Crippen molar-refractivity contribution in [2.24, 2.45) is 11.8 Å². The number of anilines is 1. The van der Waals surface area contributed by atoms with E-state index in [9.17, 15) is 4.79 Å². The van der Waals surface area contributed by atoms with E-state index in [0.717, 1.165) is 16.8 Å². The molecule has 0 radical (unpaired) electrons. The van der Waals surface area contributed by atoms with Crippen molar-refractivity contribution in [3.8, 4) is 22.7 Å². The first-order valence-electron chi connectivity index (χ1n) is 11.8.